The number of aliphatic hydroxyl groups is 1. The molecule has 2 aliphatic rings. The van der Waals surface area contributed by atoms with Gasteiger partial charge in [-0.3, -0.25) is 9.59 Å². The summed E-state index contributed by atoms with van der Waals surface area (Å²) in [5, 5.41) is 16.3. The summed E-state index contributed by atoms with van der Waals surface area (Å²) in [6.07, 6.45) is 1.94. The Labute approximate surface area is 153 Å². The van der Waals surface area contributed by atoms with E-state index in [1.807, 2.05) is 0 Å². The average Bonchev–Trinajstić information content (AvgIpc) is 3.12. The maximum atomic E-state index is 12.6. The Balaban J connectivity index is 1.47. The number of benzene rings is 1. The van der Waals surface area contributed by atoms with Gasteiger partial charge in [0.15, 0.2) is 0 Å². The summed E-state index contributed by atoms with van der Waals surface area (Å²) in [6, 6.07) is 7.07. The molecule has 1 aromatic carbocycles. The van der Waals surface area contributed by atoms with Crippen LogP contribution in [0.4, 0.5) is 0 Å². The highest BCUT2D eigenvalue weighted by Gasteiger charge is 2.33. The van der Waals surface area contributed by atoms with Crippen LogP contribution < -0.4 is 15.4 Å². The molecule has 2 saturated heterocycles. The van der Waals surface area contributed by atoms with Crippen LogP contribution in [0.2, 0.25) is 0 Å². The number of ether oxygens (including phenoxy) is 1. The highest BCUT2D eigenvalue weighted by molar-refractivity contribution is 5.94. The van der Waals surface area contributed by atoms with Gasteiger partial charge in [-0.05, 0) is 50.1 Å². The Morgan fingerprint density at radius 1 is 1.31 bits per heavy atom. The molecule has 2 amide bonds. The van der Waals surface area contributed by atoms with E-state index < -0.39 is 5.60 Å². The normalized spacial score (nSPS) is 23.7. The Kier molecular flexibility index (Phi) is 5.78. The van der Waals surface area contributed by atoms with E-state index in [9.17, 15) is 14.7 Å². The molecule has 26 heavy (non-hydrogen) atoms. The Hall–Kier alpha value is -2.12. The molecule has 0 spiro atoms. The molecule has 142 valence electrons. The van der Waals surface area contributed by atoms with Crippen molar-refractivity contribution < 1.29 is 19.4 Å². The second-order valence-electron chi connectivity index (χ2n) is 7.16. The molecule has 0 radical (unpaired) electrons. The lowest BCUT2D eigenvalue weighted by Gasteiger charge is -2.32. The van der Waals surface area contributed by atoms with E-state index in [1.165, 1.54) is 0 Å². The molecule has 2 heterocycles. The number of likely N-dealkylation sites (tertiary alicyclic amines) is 1. The molecule has 0 aromatic heterocycles. The number of hydrogen-bond acceptors (Lipinski definition) is 5. The summed E-state index contributed by atoms with van der Waals surface area (Å²) in [4.78, 5) is 26.7. The Morgan fingerprint density at radius 3 is 2.58 bits per heavy atom. The molecule has 0 saturated carbocycles. The minimum Gasteiger partial charge on any atom is -0.497 e. The van der Waals surface area contributed by atoms with Crippen LogP contribution in [0.25, 0.3) is 0 Å². The summed E-state index contributed by atoms with van der Waals surface area (Å²) in [5.41, 5.74) is -0.203. The second-order valence-corrected chi connectivity index (χ2v) is 7.16. The van der Waals surface area contributed by atoms with E-state index in [-0.39, 0.29) is 24.3 Å². The molecular weight excluding hydrogens is 334 g/mol. The Bertz CT molecular complexity index is 633. The van der Waals surface area contributed by atoms with Crippen molar-refractivity contribution in [2.45, 2.75) is 24.9 Å². The molecule has 1 aromatic rings. The van der Waals surface area contributed by atoms with E-state index in [4.69, 9.17) is 4.74 Å². The molecule has 3 N–H and O–H groups in total. The first-order chi connectivity index (χ1) is 12.5. The van der Waals surface area contributed by atoms with E-state index in [0.717, 1.165) is 12.3 Å². The minimum atomic E-state index is -0.833. The van der Waals surface area contributed by atoms with Crippen molar-refractivity contribution in [3.63, 3.8) is 0 Å². The number of hydrogen-bond donors (Lipinski definition) is 3. The van der Waals surface area contributed by atoms with Crippen LogP contribution in [0.1, 0.15) is 29.6 Å². The molecule has 3 rings (SSSR count). The average molecular weight is 361 g/mol. The van der Waals surface area contributed by atoms with Crippen LogP contribution in [0.15, 0.2) is 24.3 Å². The molecule has 2 aliphatic heterocycles. The van der Waals surface area contributed by atoms with Gasteiger partial charge in [-0.15, -0.1) is 0 Å². The summed E-state index contributed by atoms with van der Waals surface area (Å²) < 4.78 is 5.11. The number of nitrogens with zero attached hydrogens (tertiary/aromatic N) is 1. The van der Waals surface area contributed by atoms with Crippen molar-refractivity contribution in [1.82, 2.24) is 15.5 Å². The molecular formula is C19H27N3O4. The van der Waals surface area contributed by atoms with Crippen LogP contribution >= 0.6 is 0 Å². The number of β-amino-alcohol motifs (C(OH)–C–C–N with tert-alkyl or cyclic N) is 1. The minimum absolute atomic E-state index is 0.0159. The SMILES string of the molecule is COc1ccc(C(=O)N2CCC(C(=O)NC[C@]3(O)CCNC3)CC2)cc1. The van der Waals surface area contributed by atoms with Crippen molar-refractivity contribution in [3.8, 4) is 5.75 Å². The number of nitrogens with one attached hydrogen (secondary N) is 2. The van der Waals surface area contributed by atoms with Gasteiger partial charge >= 0.3 is 0 Å². The summed E-state index contributed by atoms with van der Waals surface area (Å²) >= 11 is 0. The van der Waals surface area contributed by atoms with Crippen molar-refractivity contribution in [2.75, 3.05) is 39.8 Å². The van der Waals surface area contributed by atoms with Gasteiger partial charge in [-0.2, -0.15) is 0 Å². The number of piperidine rings is 1. The van der Waals surface area contributed by atoms with E-state index >= 15 is 0 Å². The lowest BCUT2D eigenvalue weighted by atomic mass is 9.94. The zero-order valence-corrected chi connectivity index (χ0v) is 15.2. The topological polar surface area (TPSA) is 90.9 Å². The fourth-order valence-electron chi connectivity index (χ4n) is 3.54. The maximum absolute atomic E-state index is 12.6. The first kappa shape index (κ1) is 18.7. The molecule has 7 heteroatoms. The maximum Gasteiger partial charge on any atom is 0.253 e. The van der Waals surface area contributed by atoms with Gasteiger partial charge in [0.1, 0.15) is 5.75 Å². The van der Waals surface area contributed by atoms with Crippen LogP contribution in [-0.4, -0.2) is 67.3 Å². The smallest absolute Gasteiger partial charge is 0.253 e. The highest BCUT2D eigenvalue weighted by atomic mass is 16.5. The van der Waals surface area contributed by atoms with Crippen LogP contribution in [0.5, 0.6) is 5.75 Å². The number of carbonyl (C=O) groups is 2. The number of rotatable bonds is 5. The Morgan fingerprint density at radius 2 is 2.00 bits per heavy atom. The van der Waals surface area contributed by atoms with Gasteiger partial charge in [0.2, 0.25) is 5.91 Å². The van der Waals surface area contributed by atoms with Gasteiger partial charge in [-0.25, -0.2) is 0 Å². The van der Waals surface area contributed by atoms with Crippen LogP contribution in [-0.2, 0) is 4.79 Å². The third kappa shape index (κ3) is 4.34. The first-order valence-corrected chi connectivity index (χ1v) is 9.15. The van der Waals surface area contributed by atoms with Crippen LogP contribution in [0.3, 0.4) is 0 Å². The van der Waals surface area contributed by atoms with E-state index in [1.54, 1.807) is 36.3 Å². The molecule has 1 atom stereocenters. The van der Waals surface area contributed by atoms with E-state index in [0.29, 0.717) is 44.5 Å². The molecule has 0 aliphatic carbocycles. The summed E-state index contributed by atoms with van der Waals surface area (Å²) in [6.45, 7) is 2.70. The van der Waals surface area contributed by atoms with Gasteiger partial charge < -0.3 is 25.4 Å². The van der Waals surface area contributed by atoms with Crippen molar-refractivity contribution >= 4 is 11.8 Å². The van der Waals surface area contributed by atoms with Crippen molar-refractivity contribution in [1.29, 1.82) is 0 Å². The standard InChI is InChI=1S/C19H27N3O4/c1-26-16-4-2-15(3-5-16)18(24)22-10-6-14(7-11-22)17(23)21-13-19(25)8-9-20-12-19/h2-5,14,20,25H,6-13H2,1H3,(H,21,23)/t19-/m0/s1. The number of carbonyl (C=O) groups excluding carboxylic acids is 2. The van der Waals surface area contributed by atoms with Gasteiger partial charge in [0.05, 0.1) is 12.7 Å². The predicted octanol–water partition coefficient (Wildman–Crippen LogP) is 0.388. The lowest BCUT2D eigenvalue weighted by molar-refractivity contribution is -0.127. The van der Waals surface area contributed by atoms with Gasteiger partial charge in [-0.1, -0.05) is 0 Å². The predicted molar refractivity (Wildman–Crippen MR) is 97.1 cm³/mol. The van der Waals surface area contributed by atoms with Gasteiger partial charge in [0, 0.05) is 37.7 Å². The fraction of sp³-hybridized carbons (Fsp3) is 0.579. The lowest BCUT2D eigenvalue weighted by Crippen LogP contribution is -2.48. The molecule has 2 fully saturated rings. The van der Waals surface area contributed by atoms with E-state index in [2.05, 4.69) is 10.6 Å². The van der Waals surface area contributed by atoms with Gasteiger partial charge in [0.25, 0.3) is 5.91 Å². The third-order valence-electron chi connectivity index (χ3n) is 5.30. The monoisotopic (exact) mass is 361 g/mol. The third-order valence-corrected chi connectivity index (χ3v) is 5.30. The van der Waals surface area contributed by atoms with Crippen molar-refractivity contribution in [2.24, 2.45) is 5.92 Å². The number of methoxy groups -OCH3 is 1. The van der Waals surface area contributed by atoms with Crippen LogP contribution in [0, 0.1) is 5.92 Å². The quantitative estimate of drug-likeness (QED) is 0.706. The largest absolute Gasteiger partial charge is 0.497 e. The summed E-state index contributed by atoms with van der Waals surface area (Å²) in [5.74, 6) is 0.573. The zero-order chi connectivity index (χ0) is 18.6. The fourth-order valence-corrected chi connectivity index (χ4v) is 3.54. The summed E-state index contributed by atoms with van der Waals surface area (Å²) in [7, 11) is 1.59. The molecule has 7 nitrogen and oxygen atoms in total. The molecule has 0 bridgehead atoms. The van der Waals surface area contributed by atoms with Crippen molar-refractivity contribution in [3.05, 3.63) is 29.8 Å². The second kappa shape index (κ2) is 8.05. The first-order valence-electron chi connectivity index (χ1n) is 9.15. The zero-order valence-electron chi connectivity index (χ0n) is 15.2. The molecule has 0 unspecified atom stereocenters. The highest BCUT2D eigenvalue weighted by Crippen LogP contribution is 2.21. The number of amides is 2.